The van der Waals surface area contributed by atoms with Gasteiger partial charge in [0.25, 0.3) is 0 Å². The van der Waals surface area contributed by atoms with Gasteiger partial charge in [-0.3, -0.25) is 4.79 Å². The van der Waals surface area contributed by atoms with Crippen molar-refractivity contribution in [3.8, 4) is 0 Å². The minimum atomic E-state index is -0.978. The SMILES string of the molecule is CSC1CCC(NC(=O)C2CCC(C(=O)O)O2)C1. The van der Waals surface area contributed by atoms with E-state index in [1.54, 1.807) is 0 Å². The summed E-state index contributed by atoms with van der Waals surface area (Å²) in [5.41, 5.74) is 0. The van der Waals surface area contributed by atoms with Crippen LogP contribution in [-0.2, 0) is 14.3 Å². The van der Waals surface area contributed by atoms with Gasteiger partial charge in [0.2, 0.25) is 5.91 Å². The van der Waals surface area contributed by atoms with E-state index in [0.29, 0.717) is 18.1 Å². The molecule has 1 aliphatic heterocycles. The zero-order chi connectivity index (χ0) is 13.1. The zero-order valence-electron chi connectivity index (χ0n) is 10.4. The maximum Gasteiger partial charge on any atom is 0.332 e. The molecule has 6 heteroatoms. The number of carboxylic acid groups (broad SMARTS) is 1. The highest BCUT2D eigenvalue weighted by Gasteiger charge is 2.36. The molecule has 0 aromatic heterocycles. The lowest BCUT2D eigenvalue weighted by Crippen LogP contribution is -2.40. The fourth-order valence-electron chi connectivity index (χ4n) is 2.59. The molecule has 102 valence electrons. The first kappa shape index (κ1) is 13.7. The van der Waals surface area contributed by atoms with Gasteiger partial charge >= 0.3 is 5.97 Å². The van der Waals surface area contributed by atoms with Crippen molar-refractivity contribution >= 4 is 23.6 Å². The van der Waals surface area contributed by atoms with Crippen LogP contribution in [0, 0.1) is 0 Å². The molecule has 5 nitrogen and oxygen atoms in total. The third-order valence-corrected chi connectivity index (χ3v) is 4.75. The Labute approximate surface area is 111 Å². The summed E-state index contributed by atoms with van der Waals surface area (Å²) in [4.78, 5) is 22.7. The molecule has 0 bridgehead atoms. The summed E-state index contributed by atoms with van der Waals surface area (Å²) >= 11 is 1.84. The highest BCUT2D eigenvalue weighted by atomic mass is 32.2. The minimum absolute atomic E-state index is 0.148. The second-order valence-electron chi connectivity index (χ2n) is 4.91. The molecule has 2 N–H and O–H groups in total. The predicted molar refractivity (Wildman–Crippen MR) is 68.6 cm³/mol. The van der Waals surface area contributed by atoms with Crippen molar-refractivity contribution in [2.75, 3.05) is 6.26 Å². The predicted octanol–water partition coefficient (Wildman–Crippen LogP) is 1.02. The minimum Gasteiger partial charge on any atom is -0.479 e. The van der Waals surface area contributed by atoms with Crippen LogP contribution in [-0.4, -0.2) is 46.7 Å². The maximum atomic E-state index is 11.9. The van der Waals surface area contributed by atoms with Crippen molar-refractivity contribution in [3.63, 3.8) is 0 Å². The van der Waals surface area contributed by atoms with Gasteiger partial charge in [-0.15, -0.1) is 0 Å². The van der Waals surface area contributed by atoms with Gasteiger partial charge in [-0.05, 0) is 38.4 Å². The van der Waals surface area contributed by atoms with Crippen LogP contribution in [0.15, 0.2) is 0 Å². The summed E-state index contributed by atoms with van der Waals surface area (Å²) < 4.78 is 5.23. The summed E-state index contributed by atoms with van der Waals surface area (Å²) in [6.45, 7) is 0. The number of carbonyl (C=O) groups excluding carboxylic acids is 1. The molecule has 0 spiro atoms. The fourth-order valence-corrected chi connectivity index (χ4v) is 3.39. The van der Waals surface area contributed by atoms with E-state index < -0.39 is 18.2 Å². The van der Waals surface area contributed by atoms with Crippen LogP contribution in [0.5, 0.6) is 0 Å². The van der Waals surface area contributed by atoms with E-state index in [0.717, 1.165) is 19.3 Å². The molecule has 18 heavy (non-hydrogen) atoms. The van der Waals surface area contributed by atoms with E-state index in [1.807, 2.05) is 11.8 Å². The molecule has 4 atom stereocenters. The van der Waals surface area contributed by atoms with E-state index >= 15 is 0 Å². The summed E-state index contributed by atoms with van der Waals surface area (Å²) in [6.07, 6.45) is 4.76. The Morgan fingerprint density at radius 1 is 1.22 bits per heavy atom. The van der Waals surface area contributed by atoms with Crippen LogP contribution in [0.1, 0.15) is 32.1 Å². The molecule has 4 unspecified atom stereocenters. The van der Waals surface area contributed by atoms with Crippen molar-refractivity contribution in [1.82, 2.24) is 5.32 Å². The summed E-state index contributed by atoms with van der Waals surface area (Å²) in [6, 6.07) is 0.224. The van der Waals surface area contributed by atoms with Crippen molar-refractivity contribution < 1.29 is 19.4 Å². The third kappa shape index (κ3) is 3.17. The van der Waals surface area contributed by atoms with Crippen LogP contribution in [0.2, 0.25) is 0 Å². The molecule has 0 aromatic rings. The first-order valence-corrected chi connectivity index (χ1v) is 7.60. The number of nitrogens with one attached hydrogen (secondary N) is 1. The van der Waals surface area contributed by atoms with Crippen LogP contribution in [0.3, 0.4) is 0 Å². The van der Waals surface area contributed by atoms with Gasteiger partial charge in [0, 0.05) is 11.3 Å². The monoisotopic (exact) mass is 273 g/mol. The molecular weight excluding hydrogens is 254 g/mol. The van der Waals surface area contributed by atoms with E-state index in [-0.39, 0.29) is 11.9 Å². The largest absolute Gasteiger partial charge is 0.479 e. The highest BCUT2D eigenvalue weighted by Crippen LogP contribution is 2.28. The van der Waals surface area contributed by atoms with E-state index in [9.17, 15) is 9.59 Å². The molecule has 0 radical (unpaired) electrons. The van der Waals surface area contributed by atoms with Gasteiger partial charge in [0.05, 0.1) is 0 Å². The Bertz CT molecular complexity index is 336. The average Bonchev–Trinajstić information content (AvgIpc) is 2.97. The van der Waals surface area contributed by atoms with Crippen molar-refractivity contribution in [2.24, 2.45) is 0 Å². The second-order valence-corrected chi connectivity index (χ2v) is 6.04. The standard InChI is InChI=1S/C12H19NO4S/c1-18-8-3-2-7(6-8)13-11(14)9-4-5-10(17-9)12(15)16/h7-10H,2-6H2,1H3,(H,13,14)(H,15,16). The van der Waals surface area contributed by atoms with Gasteiger partial charge in [-0.25, -0.2) is 4.79 Å². The molecule has 0 aromatic carbocycles. The number of carbonyl (C=O) groups is 2. The van der Waals surface area contributed by atoms with E-state index in [4.69, 9.17) is 9.84 Å². The number of amides is 1. The van der Waals surface area contributed by atoms with Gasteiger partial charge in [0.1, 0.15) is 6.10 Å². The average molecular weight is 273 g/mol. The Balaban J connectivity index is 1.77. The lowest BCUT2D eigenvalue weighted by Gasteiger charge is -2.16. The number of rotatable bonds is 4. The molecular formula is C12H19NO4S. The topological polar surface area (TPSA) is 75.6 Å². The summed E-state index contributed by atoms with van der Waals surface area (Å²) in [5.74, 6) is -1.13. The third-order valence-electron chi connectivity index (χ3n) is 3.65. The fraction of sp³-hybridized carbons (Fsp3) is 0.833. The van der Waals surface area contributed by atoms with Crippen molar-refractivity contribution in [1.29, 1.82) is 0 Å². The first-order chi connectivity index (χ1) is 8.60. The molecule has 2 rings (SSSR count). The van der Waals surface area contributed by atoms with Crippen LogP contribution < -0.4 is 5.32 Å². The van der Waals surface area contributed by atoms with Gasteiger partial charge in [-0.2, -0.15) is 11.8 Å². The lowest BCUT2D eigenvalue weighted by molar-refractivity contribution is -0.151. The van der Waals surface area contributed by atoms with Crippen molar-refractivity contribution in [2.45, 2.75) is 55.6 Å². The molecule has 2 fully saturated rings. The Hall–Kier alpha value is -0.750. The molecule has 1 aliphatic carbocycles. The van der Waals surface area contributed by atoms with Crippen LogP contribution in [0.4, 0.5) is 0 Å². The highest BCUT2D eigenvalue weighted by molar-refractivity contribution is 7.99. The lowest BCUT2D eigenvalue weighted by atomic mass is 10.1. The first-order valence-electron chi connectivity index (χ1n) is 6.31. The van der Waals surface area contributed by atoms with Gasteiger partial charge in [-0.1, -0.05) is 0 Å². The zero-order valence-corrected chi connectivity index (χ0v) is 11.2. The number of hydrogen-bond donors (Lipinski definition) is 2. The Kier molecular flexibility index (Phi) is 4.50. The number of carboxylic acids is 1. The number of hydrogen-bond acceptors (Lipinski definition) is 4. The van der Waals surface area contributed by atoms with Gasteiger partial charge in [0.15, 0.2) is 6.10 Å². The maximum absolute atomic E-state index is 11.9. The van der Waals surface area contributed by atoms with Gasteiger partial charge < -0.3 is 15.2 Å². The number of thioether (sulfide) groups is 1. The molecule has 1 amide bonds. The van der Waals surface area contributed by atoms with Crippen LogP contribution in [0.25, 0.3) is 0 Å². The number of ether oxygens (including phenoxy) is 1. The van der Waals surface area contributed by atoms with Crippen molar-refractivity contribution in [3.05, 3.63) is 0 Å². The summed E-state index contributed by atoms with van der Waals surface area (Å²) in [7, 11) is 0. The smallest absolute Gasteiger partial charge is 0.332 e. The molecule has 1 heterocycles. The normalized spacial score (nSPS) is 35.6. The Morgan fingerprint density at radius 3 is 2.50 bits per heavy atom. The second kappa shape index (κ2) is 5.93. The summed E-state index contributed by atoms with van der Waals surface area (Å²) in [5, 5.41) is 12.4. The quantitative estimate of drug-likeness (QED) is 0.800. The number of aliphatic carboxylic acids is 1. The Morgan fingerprint density at radius 2 is 1.94 bits per heavy atom. The van der Waals surface area contributed by atoms with Crippen LogP contribution >= 0.6 is 11.8 Å². The molecule has 1 saturated carbocycles. The molecule has 2 aliphatic rings. The van der Waals surface area contributed by atoms with E-state index in [1.165, 1.54) is 0 Å². The molecule has 1 saturated heterocycles. The van der Waals surface area contributed by atoms with E-state index in [2.05, 4.69) is 11.6 Å².